The van der Waals surface area contributed by atoms with Crippen LogP contribution in [-0.4, -0.2) is 42.5 Å². The van der Waals surface area contributed by atoms with Crippen LogP contribution in [-0.2, 0) is 4.74 Å². The van der Waals surface area contributed by atoms with Crippen LogP contribution in [0.2, 0.25) is 0 Å². The van der Waals surface area contributed by atoms with E-state index in [2.05, 4.69) is 4.74 Å². The number of hydrogen-bond donors (Lipinski definition) is 0. The molecule has 1 heterocycles. The maximum atomic E-state index is 12.1. The number of morpholine rings is 1. The molecule has 0 spiro atoms. The number of alkyl halides is 3. The number of rotatable bonds is 1. The Bertz CT molecular complexity index is 152. The molecule has 12 heavy (non-hydrogen) atoms. The van der Waals surface area contributed by atoms with E-state index in [0.29, 0.717) is 6.54 Å². The van der Waals surface area contributed by atoms with Crippen molar-refractivity contribution in [2.45, 2.75) is 12.3 Å². The summed E-state index contributed by atoms with van der Waals surface area (Å²) < 4.78 is 42.5. The van der Waals surface area contributed by atoms with Gasteiger partial charge in [-0.05, 0) is 6.26 Å². The maximum Gasteiger partial charge on any atom is 0.415 e. The Labute approximate surface area is 73.2 Å². The third kappa shape index (κ3) is 2.53. The van der Waals surface area contributed by atoms with Crippen molar-refractivity contribution >= 4 is 11.9 Å². The van der Waals surface area contributed by atoms with Crippen LogP contribution >= 0.6 is 11.9 Å². The minimum absolute atomic E-state index is 0.0648. The first-order valence-corrected chi connectivity index (χ1v) is 4.69. The van der Waals surface area contributed by atoms with E-state index in [1.807, 2.05) is 0 Å². The van der Waals surface area contributed by atoms with E-state index >= 15 is 0 Å². The summed E-state index contributed by atoms with van der Waals surface area (Å²) in [6.07, 6.45) is -4.08. The molecule has 0 aliphatic carbocycles. The molecule has 1 saturated heterocycles. The van der Waals surface area contributed by atoms with E-state index in [4.69, 9.17) is 0 Å². The molecule has 0 aromatic heterocycles. The van der Waals surface area contributed by atoms with Crippen molar-refractivity contribution in [2.75, 3.05) is 26.0 Å². The third-order valence-corrected chi connectivity index (χ3v) is 2.50. The molecule has 1 fully saturated rings. The van der Waals surface area contributed by atoms with E-state index in [1.165, 1.54) is 11.9 Å². The van der Waals surface area contributed by atoms with E-state index < -0.39 is 12.3 Å². The first-order valence-electron chi connectivity index (χ1n) is 3.51. The fraction of sp³-hybridized carbons (Fsp3) is 1.00. The van der Waals surface area contributed by atoms with Crippen LogP contribution in [0.4, 0.5) is 13.2 Å². The summed E-state index contributed by atoms with van der Waals surface area (Å²) in [4.78, 5) is 0. The predicted octanol–water partition coefficient (Wildman–Crippen LogP) is 1.53. The Morgan fingerprint density at radius 2 is 2.17 bits per heavy atom. The first kappa shape index (κ1) is 10.1. The second-order valence-corrected chi connectivity index (χ2v) is 3.35. The molecule has 0 radical (unpaired) electrons. The monoisotopic (exact) mass is 201 g/mol. The molecule has 1 rings (SSSR count). The van der Waals surface area contributed by atoms with E-state index in [1.54, 1.807) is 10.6 Å². The average molecular weight is 201 g/mol. The van der Waals surface area contributed by atoms with Crippen molar-refractivity contribution in [1.82, 2.24) is 4.31 Å². The van der Waals surface area contributed by atoms with Gasteiger partial charge in [-0.2, -0.15) is 13.2 Å². The zero-order valence-electron chi connectivity index (χ0n) is 6.60. The number of halogens is 3. The van der Waals surface area contributed by atoms with Gasteiger partial charge in [-0.25, -0.2) is 4.31 Å². The quantitative estimate of drug-likeness (QED) is 0.597. The van der Waals surface area contributed by atoms with E-state index in [-0.39, 0.29) is 13.2 Å². The molecule has 6 heteroatoms. The Kier molecular flexibility index (Phi) is 3.25. The standard InChI is InChI=1S/C6H10F3NOS/c1-12-10-2-3-11-5(4-10)6(7,8)9/h5H,2-4H2,1H3/t5-/m0/s1. The van der Waals surface area contributed by atoms with E-state index in [9.17, 15) is 13.2 Å². The highest BCUT2D eigenvalue weighted by molar-refractivity contribution is 7.96. The highest BCUT2D eigenvalue weighted by atomic mass is 32.2. The van der Waals surface area contributed by atoms with Crippen LogP contribution in [0, 0.1) is 0 Å². The summed E-state index contributed by atoms with van der Waals surface area (Å²) in [5.41, 5.74) is 0. The molecule has 0 unspecified atom stereocenters. The van der Waals surface area contributed by atoms with Crippen LogP contribution < -0.4 is 0 Å². The number of nitrogens with zero attached hydrogens (tertiary/aromatic N) is 1. The fourth-order valence-corrected chi connectivity index (χ4v) is 1.53. The Balaban J connectivity index is 2.46. The molecule has 2 nitrogen and oxygen atoms in total. The highest BCUT2D eigenvalue weighted by Gasteiger charge is 2.43. The van der Waals surface area contributed by atoms with Gasteiger partial charge < -0.3 is 4.74 Å². The van der Waals surface area contributed by atoms with Crippen LogP contribution in [0.5, 0.6) is 0 Å². The number of ether oxygens (including phenoxy) is 1. The van der Waals surface area contributed by atoms with Crippen molar-refractivity contribution in [2.24, 2.45) is 0 Å². The first-order chi connectivity index (χ1) is 5.54. The molecule has 1 aliphatic rings. The Morgan fingerprint density at radius 1 is 1.50 bits per heavy atom. The van der Waals surface area contributed by atoms with Gasteiger partial charge in [-0.1, -0.05) is 11.9 Å². The Morgan fingerprint density at radius 3 is 2.67 bits per heavy atom. The predicted molar refractivity (Wildman–Crippen MR) is 40.9 cm³/mol. The lowest BCUT2D eigenvalue weighted by atomic mass is 10.3. The van der Waals surface area contributed by atoms with Gasteiger partial charge in [0.15, 0.2) is 6.10 Å². The van der Waals surface area contributed by atoms with Crippen LogP contribution in [0.15, 0.2) is 0 Å². The van der Waals surface area contributed by atoms with Gasteiger partial charge in [0, 0.05) is 13.1 Å². The third-order valence-electron chi connectivity index (χ3n) is 1.65. The topological polar surface area (TPSA) is 12.5 Å². The van der Waals surface area contributed by atoms with Gasteiger partial charge in [0.05, 0.1) is 6.61 Å². The van der Waals surface area contributed by atoms with Gasteiger partial charge in [0.25, 0.3) is 0 Å². The van der Waals surface area contributed by atoms with Gasteiger partial charge >= 0.3 is 6.18 Å². The maximum absolute atomic E-state index is 12.1. The van der Waals surface area contributed by atoms with Gasteiger partial charge in [0.1, 0.15) is 0 Å². The molecule has 1 aliphatic heterocycles. The summed E-state index contributed by atoms with van der Waals surface area (Å²) in [5, 5.41) is 0. The summed E-state index contributed by atoms with van der Waals surface area (Å²) in [5.74, 6) is 0. The minimum atomic E-state index is -4.23. The second kappa shape index (κ2) is 3.85. The van der Waals surface area contributed by atoms with Crippen molar-refractivity contribution < 1.29 is 17.9 Å². The smallest absolute Gasteiger partial charge is 0.366 e. The molecule has 0 aromatic rings. The fourth-order valence-electron chi connectivity index (χ4n) is 0.990. The van der Waals surface area contributed by atoms with Crippen LogP contribution in [0.1, 0.15) is 0 Å². The SMILES string of the molecule is CSN1CCO[C@H](C(F)(F)F)C1. The molecule has 1 atom stereocenters. The molecule has 0 aromatic carbocycles. The van der Waals surface area contributed by atoms with Gasteiger partial charge in [-0.3, -0.25) is 0 Å². The van der Waals surface area contributed by atoms with Crippen molar-refractivity contribution in [3.8, 4) is 0 Å². The van der Waals surface area contributed by atoms with Crippen LogP contribution in [0.3, 0.4) is 0 Å². The molecule has 0 bridgehead atoms. The van der Waals surface area contributed by atoms with Gasteiger partial charge in [-0.15, -0.1) is 0 Å². The molecule has 0 saturated carbocycles. The zero-order valence-corrected chi connectivity index (χ0v) is 7.41. The van der Waals surface area contributed by atoms with Crippen molar-refractivity contribution in [3.63, 3.8) is 0 Å². The summed E-state index contributed by atoms with van der Waals surface area (Å²) in [7, 11) is 0. The zero-order chi connectivity index (χ0) is 9.19. The van der Waals surface area contributed by atoms with Crippen LogP contribution in [0.25, 0.3) is 0 Å². The Hall–Kier alpha value is 0.0600. The molecular formula is C6H10F3NOS. The lowest BCUT2D eigenvalue weighted by Gasteiger charge is -2.31. The second-order valence-electron chi connectivity index (χ2n) is 2.47. The summed E-state index contributed by atoms with van der Waals surface area (Å²) in [6.45, 7) is 0.656. The number of hydrogen-bond acceptors (Lipinski definition) is 3. The average Bonchev–Trinajstić information content (AvgIpc) is 2.03. The minimum Gasteiger partial charge on any atom is -0.366 e. The lowest BCUT2D eigenvalue weighted by molar-refractivity contribution is -0.231. The molecule has 0 amide bonds. The largest absolute Gasteiger partial charge is 0.415 e. The summed E-state index contributed by atoms with van der Waals surface area (Å²) in [6, 6.07) is 0. The van der Waals surface area contributed by atoms with Gasteiger partial charge in [0.2, 0.25) is 0 Å². The highest BCUT2D eigenvalue weighted by Crippen LogP contribution is 2.27. The van der Waals surface area contributed by atoms with Crippen molar-refractivity contribution in [1.29, 1.82) is 0 Å². The molecule has 0 N–H and O–H groups in total. The summed E-state index contributed by atoms with van der Waals surface area (Å²) >= 11 is 1.32. The lowest BCUT2D eigenvalue weighted by Crippen LogP contribution is -2.46. The van der Waals surface area contributed by atoms with E-state index in [0.717, 1.165) is 0 Å². The van der Waals surface area contributed by atoms with Crippen molar-refractivity contribution in [3.05, 3.63) is 0 Å². The normalized spacial score (nSPS) is 27.5. The molecule has 72 valence electrons. The molecular weight excluding hydrogens is 191 g/mol.